The number of ether oxygens (including phenoxy) is 2. The van der Waals surface area contributed by atoms with Gasteiger partial charge in [0.15, 0.2) is 6.61 Å². The minimum atomic E-state index is -0.566. The van der Waals surface area contributed by atoms with Gasteiger partial charge in [0.25, 0.3) is 5.91 Å². The topological polar surface area (TPSA) is 67.9 Å². The van der Waals surface area contributed by atoms with Crippen LogP contribution in [0, 0.1) is 0 Å². The average Bonchev–Trinajstić information content (AvgIpc) is 2.47. The first-order valence-electron chi connectivity index (χ1n) is 8.37. The van der Waals surface area contributed by atoms with Gasteiger partial charge in [0.05, 0.1) is 5.69 Å². The molecule has 132 valence electrons. The predicted molar refractivity (Wildman–Crippen MR) is 93.7 cm³/mol. The summed E-state index contributed by atoms with van der Waals surface area (Å²) in [6, 6.07) is 5.26. The number of rotatable bonds is 5. The summed E-state index contributed by atoms with van der Waals surface area (Å²) < 4.78 is 10.7. The van der Waals surface area contributed by atoms with Gasteiger partial charge in [-0.15, -0.1) is 0 Å². The van der Waals surface area contributed by atoms with E-state index in [0.717, 1.165) is 19.3 Å². The number of nitrogens with zero attached hydrogens (tertiary/aromatic N) is 1. The van der Waals surface area contributed by atoms with Gasteiger partial charge in [0, 0.05) is 12.2 Å². The van der Waals surface area contributed by atoms with Gasteiger partial charge in [-0.25, -0.2) is 4.79 Å². The molecule has 0 saturated carbocycles. The number of amides is 2. The van der Waals surface area contributed by atoms with Crippen LogP contribution in [0.5, 0.6) is 5.75 Å². The number of carbonyl (C=O) groups is 2. The van der Waals surface area contributed by atoms with Crippen LogP contribution in [0.1, 0.15) is 47.0 Å². The van der Waals surface area contributed by atoms with Crippen LogP contribution in [0.15, 0.2) is 18.2 Å². The van der Waals surface area contributed by atoms with Crippen LogP contribution < -0.4 is 15.0 Å². The van der Waals surface area contributed by atoms with Crippen LogP contribution in [0.25, 0.3) is 0 Å². The fraction of sp³-hybridized carbons (Fsp3) is 0.556. The Balaban J connectivity index is 2.14. The highest BCUT2D eigenvalue weighted by Gasteiger charge is 2.26. The summed E-state index contributed by atoms with van der Waals surface area (Å²) in [5.74, 6) is 0.592. The van der Waals surface area contributed by atoms with Gasteiger partial charge in [-0.3, -0.25) is 10.1 Å². The van der Waals surface area contributed by atoms with Gasteiger partial charge in [-0.2, -0.15) is 0 Å². The molecule has 0 spiro atoms. The summed E-state index contributed by atoms with van der Waals surface area (Å²) in [4.78, 5) is 25.8. The summed E-state index contributed by atoms with van der Waals surface area (Å²) in [6.07, 6.45) is 2.57. The smallest absolute Gasteiger partial charge is 0.412 e. The zero-order valence-electron chi connectivity index (χ0n) is 14.8. The zero-order valence-corrected chi connectivity index (χ0v) is 14.8. The van der Waals surface area contributed by atoms with Crippen molar-refractivity contribution < 1.29 is 19.1 Å². The van der Waals surface area contributed by atoms with E-state index in [2.05, 4.69) is 12.2 Å². The average molecular weight is 334 g/mol. The lowest BCUT2D eigenvalue weighted by molar-refractivity contribution is -0.121. The molecule has 0 atom stereocenters. The summed E-state index contributed by atoms with van der Waals surface area (Å²) in [6.45, 7) is 8.25. The van der Waals surface area contributed by atoms with Crippen LogP contribution in [0.3, 0.4) is 0 Å². The Bertz CT molecular complexity index is 608. The Morgan fingerprint density at radius 3 is 2.75 bits per heavy atom. The van der Waals surface area contributed by atoms with E-state index in [-0.39, 0.29) is 12.5 Å². The van der Waals surface area contributed by atoms with Crippen molar-refractivity contribution in [3.63, 3.8) is 0 Å². The summed E-state index contributed by atoms with van der Waals surface area (Å²) in [5, 5.41) is 2.70. The minimum Gasteiger partial charge on any atom is -0.482 e. The van der Waals surface area contributed by atoms with Gasteiger partial charge in [-0.1, -0.05) is 19.8 Å². The maximum absolute atomic E-state index is 12.2. The molecule has 0 fully saturated rings. The van der Waals surface area contributed by atoms with E-state index in [9.17, 15) is 9.59 Å². The lowest BCUT2D eigenvalue weighted by Gasteiger charge is -2.30. The first-order valence-corrected chi connectivity index (χ1v) is 8.37. The third-order valence-electron chi connectivity index (χ3n) is 3.53. The normalized spacial score (nSPS) is 14.0. The van der Waals surface area contributed by atoms with Gasteiger partial charge in [0.2, 0.25) is 0 Å². The molecule has 24 heavy (non-hydrogen) atoms. The molecule has 1 aromatic rings. The second-order valence-corrected chi connectivity index (χ2v) is 6.85. The Labute approximate surface area is 143 Å². The van der Waals surface area contributed by atoms with E-state index < -0.39 is 11.7 Å². The fourth-order valence-corrected chi connectivity index (χ4v) is 2.47. The third-order valence-corrected chi connectivity index (χ3v) is 3.53. The quantitative estimate of drug-likeness (QED) is 0.828. The lowest BCUT2D eigenvalue weighted by Crippen LogP contribution is -2.39. The number of benzene rings is 1. The van der Waals surface area contributed by atoms with E-state index in [0.29, 0.717) is 23.7 Å². The molecule has 2 amide bonds. The molecule has 1 aliphatic heterocycles. The van der Waals surface area contributed by atoms with Crippen molar-refractivity contribution in [1.82, 2.24) is 0 Å². The summed E-state index contributed by atoms with van der Waals surface area (Å²) in [7, 11) is 0. The Kier molecular flexibility index (Phi) is 5.70. The van der Waals surface area contributed by atoms with Crippen molar-refractivity contribution in [1.29, 1.82) is 0 Å². The Morgan fingerprint density at radius 1 is 1.33 bits per heavy atom. The molecule has 0 aliphatic carbocycles. The number of fused-ring (bicyclic) bond motifs is 1. The zero-order chi connectivity index (χ0) is 17.7. The van der Waals surface area contributed by atoms with Crippen LogP contribution in [-0.2, 0) is 9.53 Å². The highest BCUT2D eigenvalue weighted by atomic mass is 16.6. The summed E-state index contributed by atoms with van der Waals surface area (Å²) in [5.41, 5.74) is 0.696. The molecule has 1 aromatic carbocycles. The second-order valence-electron chi connectivity index (χ2n) is 6.85. The second kappa shape index (κ2) is 7.55. The molecule has 0 radical (unpaired) electrons. The lowest BCUT2D eigenvalue weighted by atomic mass is 10.1. The fourth-order valence-electron chi connectivity index (χ4n) is 2.47. The molecular weight excluding hydrogens is 308 g/mol. The number of hydrogen-bond donors (Lipinski definition) is 1. The van der Waals surface area contributed by atoms with Crippen molar-refractivity contribution in [2.45, 2.75) is 52.6 Å². The molecule has 1 aliphatic rings. The third kappa shape index (κ3) is 4.88. The van der Waals surface area contributed by atoms with Crippen molar-refractivity contribution in [3.05, 3.63) is 18.2 Å². The Hall–Kier alpha value is -2.24. The summed E-state index contributed by atoms with van der Waals surface area (Å²) >= 11 is 0. The standard InChI is InChI=1S/C18H26N2O4/c1-5-6-7-10-20-14-11-13(19-17(22)24-18(2,3)4)8-9-15(14)23-12-16(20)21/h8-9,11H,5-7,10,12H2,1-4H3,(H,19,22). The van der Waals surface area contributed by atoms with E-state index in [4.69, 9.17) is 9.47 Å². The number of unbranched alkanes of at least 4 members (excludes halogenated alkanes) is 2. The first kappa shape index (κ1) is 18.1. The molecule has 1 heterocycles. The Morgan fingerprint density at radius 2 is 2.08 bits per heavy atom. The SMILES string of the molecule is CCCCCN1C(=O)COc2ccc(NC(=O)OC(C)(C)C)cc21. The number of anilines is 2. The van der Waals surface area contributed by atoms with Crippen LogP contribution in [0.4, 0.5) is 16.2 Å². The van der Waals surface area contributed by atoms with E-state index >= 15 is 0 Å². The molecule has 1 N–H and O–H groups in total. The van der Waals surface area contributed by atoms with Gasteiger partial charge in [-0.05, 0) is 45.4 Å². The molecular formula is C18H26N2O4. The monoisotopic (exact) mass is 334 g/mol. The van der Waals surface area contributed by atoms with Gasteiger partial charge >= 0.3 is 6.09 Å². The predicted octanol–water partition coefficient (Wildman–Crippen LogP) is 3.95. The highest BCUT2D eigenvalue weighted by Crippen LogP contribution is 2.35. The first-order chi connectivity index (χ1) is 11.3. The molecule has 0 aromatic heterocycles. The largest absolute Gasteiger partial charge is 0.482 e. The van der Waals surface area contributed by atoms with E-state index in [1.807, 2.05) is 0 Å². The minimum absolute atomic E-state index is 0.0535. The maximum Gasteiger partial charge on any atom is 0.412 e. The van der Waals surface area contributed by atoms with Crippen molar-refractivity contribution in [2.75, 3.05) is 23.4 Å². The molecule has 2 rings (SSSR count). The van der Waals surface area contributed by atoms with E-state index in [1.54, 1.807) is 43.9 Å². The highest BCUT2D eigenvalue weighted by molar-refractivity contribution is 5.99. The van der Waals surface area contributed by atoms with Crippen LogP contribution >= 0.6 is 0 Å². The molecule has 0 bridgehead atoms. The maximum atomic E-state index is 12.2. The molecule has 0 unspecified atom stereocenters. The number of nitrogens with one attached hydrogen (secondary N) is 1. The van der Waals surface area contributed by atoms with E-state index in [1.165, 1.54) is 0 Å². The molecule has 0 saturated heterocycles. The molecule has 6 heteroatoms. The van der Waals surface area contributed by atoms with Crippen molar-refractivity contribution in [2.24, 2.45) is 0 Å². The molecule has 6 nitrogen and oxygen atoms in total. The number of hydrogen-bond acceptors (Lipinski definition) is 4. The number of carbonyl (C=O) groups excluding carboxylic acids is 2. The van der Waals surface area contributed by atoms with Crippen LogP contribution in [0.2, 0.25) is 0 Å². The van der Waals surface area contributed by atoms with Crippen molar-refractivity contribution >= 4 is 23.4 Å². The van der Waals surface area contributed by atoms with Crippen molar-refractivity contribution in [3.8, 4) is 5.75 Å². The van der Waals surface area contributed by atoms with Gasteiger partial charge < -0.3 is 14.4 Å². The van der Waals surface area contributed by atoms with Gasteiger partial charge in [0.1, 0.15) is 11.4 Å². The van der Waals surface area contributed by atoms with Crippen LogP contribution in [-0.4, -0.2) is 30.8 Å².